The van der Waals surface area contributed by atoms with Crippen LogP contribution in [0.4, 0.5) is 0 Å². The summed E-state index contributed by atoms with van der Waals surface area (Å²) in [5.41, 5.74) is 5.25. The quantitative estimate of drug-likeness (QED) is 0.447. The van der Waals surface area contributed by atoms with Crippen molar-refractivity contribution in [2.75, 3.05) is 26.9 Å². The number of nitrogens with two attached hydrogens (primary N) is 1. The molecule has 0 saturated carbocycles. The summed E-state index contributed by atoms with van der Waals surface area (Å²) in [6.45, 7) is 2.80. The van der Waals surface area contributed by atoms with Crippen molar-refractivity contribution in [3.05, 3.63) is 0 Å². The van der Waals surface area contributed by atoms with E-state index in [2.05, 4.69) is 0 Å². The number of carbonyl (C=O) groups excluding carboxylic acids is 1. The van der Waals surface area contributed by atoms with Crippen LogP contribution in [-0.4, -0.2) is 32.8 Å². The van der Waals surface area contributed by atoms with Gasteiger partial charge in [-0.25, -0.2) is 0 Å². The molecule has 0 aromatic carbocycles. The highest BCUT2D eigenvalue weighted by Crippen LogP contribution is 1.94. The molecule has 0 bridgehead atoms. The lowest BCUT2D eigenvalue weighted by molar-refractivity contribution is -0.148. The fourth-order valence-corrected chi connectivity index (χ4v) is 0.464. The molecule has 0 aliphatic rings. The first-order valence-corrected chi connectivity index (χ1v) is 3.58. The molecule has 0 heterocycles. The predicted octanol–water partition coefficient (Wildman–Crippen LogP) is -0.229. The van der Waals surface area contributed by atoms with E-state index in [9.17, 15) is 4.79 Å². The Balaban J connectivity index is 3.36. The second-order valence-electron chi connectivity index (χ2n) is 2.30. The number of esters is 1. The summed E-state index contributed by atoms with van der Waals surface area (Å²) in [6.07, 6.45) is 0. The normalized spacial score (nSPS) is 12.6. The lowest BCUT2D eigenvalue weighted by Crippen LogP contribution is -2.23. The van der Waals surface area contributed by atoms with Crippen molar-refractivity contribution in [1.82, 2.24) is 0 Å². The van der Waals surface area contributed by atoms with E-state index in [0.717, 1.165) is 0 Å². The summed E-state index contributed by atoms with van der Waals surface area (Å²) >= 11 is 0. The van der Waals surface area contributed by atoms with Gasteiger partial charge < -0.3 is 15.2 Å². The fraction of sp³-hybridized carbons (Fsp3) is 0.857. The van der Waals surface area contributed by atoms with Crippen molar-refractivity contribution in [2.45, 2.75) is 6.92 Å². The topological polar surface area (TPSA) is 61.5 Å². The van der Waals surface area contributed by atoms with E-state index in [1.165, 1.54) is 0 Å². The van der Waals surface area contributed by atoms with Crippen LogP contribution in [0.25, 0.3) is 0 Å². The first kappa shape index (κ1) is 10.4. The average Bonchev–Trinajstić information content (AvgIpc) is 2.03. The lowest BCUT2D eigenvalue weighted by atomic mass is 10.2. The molecule has 0 aliphatic heterocycles. The minimum atomic E-state index is -0.260. The molecule has 0 aromatic heterocycles. The third kappa shape index (κ3) is 4.75. The molecule has 0 aromatic rings. The van der Waals surface area contributed by atoms with E-state index in [1.807, 2.05) is 0 Å². The highest BCUT2D eigenvalue weighted by Gasteiger charge is 2.10. The zero-order valence-corrected chi connectivity index (χ0v) is 7.00. The number of hydrogen-bond acceptors (Lipinski definition) is 4. The zero-order chi connectivity index (χ0) is 8.69. The largest absolute Gasteiger partial charge is 0.463 e. The van der Waals surface area contributed by atoms with E-state index in [1.54, 1.807) is 14.0 Å². The highest BCUT2D eigenvalue weighted by molar-refractivity contribution is 5.72. The Bertz CT molecular complexity index is 116. The van der Waals surface area contributed by atoms with Crippen molar-refractivity contribution in [1.29, 1.82) is 0 Å². The molecule has 0 aliphatic carbocycles. The summed E-state index contributed by atoms with van der Waals surface area (Å²) < 4.78 is 9.49. The standard InChI is InChI=1S/C7H15NO3/c1-6(5-8)7(9)11-4-3-10-2/h6H,3-5,8H2,1-2H3. The molecule has 2 N–H and O–H groups in total. The second kappa shape index (κ2) is 6.12. The van der Waals surface area contributed by atoms with Gasteiger partial charge in [-0.05, 0) is 0 Å². The summed E-state index contributed by atoms with van der Waals surface area (Å²) in [5.74, 6) is -0.476. The molecule has 0 rings (SSSR count). The Hall–Kier alpha value is -0.610. The van der Waals surface area contributed by atoms with Crippen LogP contribution in [-0.2, 0) is 14.3 Å². The molecule has 1 atom stereocenters. The lowest BCUT2D eigenvalue weighted by Gasteiger charge is -2.07. The molecule has 11 heavy (non-hydrogen) atoms. The third-order valence-corrected chi connectivity index (χ3v) is 1.29. The van der Waals surface area contributed by atoms with E-state index >= 15 is 0 Å². The Kier molecular flexibility index (Phi) is 5.78. The maximum Gasteiger partial charge on any atom is 0.310 e. The maximum atomic E-state index is 10.9. The van der Waals surface area contributed by atoms with Crippen molar-refractivity contribution in [3.8, 4) is 0 Å². The first-order chi connectivity index (χ1) is 5.22. The highest BCUT2D eigenvalue weighted by atomic mass is 16.6. The van der Waals surface area contributed by atoms with Crippen LogP contribution in [0.3, 0.4) is 0 Å². The summed E-state index contributed by atoms with van der Waals surface area (Å²) in [5, 5.41) is 0. The molecule has 0 spiro atoms. The summed E-state index contributed by atoms with van der Waals surface area (Å²) in [7, 11) is 1.56. The monoisotopic (exact) mass is 161 g/mol. The molecule has 4 heteroatoms. The molecular weight excluding hydrogens is 146 g/mol. The molecular formula is C7H15NO3. The van der Waals surface area contributed by atoms with Crippen molar-refractivity contribution < 1.29 is 14.3 Å². The predicted molar refractivity (Wildman–Crippen MR) is 41.1 cm³/mol. The number of hydrogen-bond donors (Lipinski definition) is 1. The molecule has 1 unspecified atom stereocenters. The molecule has 0 saturated heterocycles. The van der Waals surface area contributed by atoms with Crippen LogP contribution >= 0.6 is 0 Å². The first-order valence-electron chi connectivity index (χ1n) is 3.58. The molecule has 66 valence electrons. The molecule has 0 radical (unpaired) electrons. The smallest absolute Gasteiger partial charge is 0.310 e. The number of ether oxygens (including phenoxy) is 2. The average molecular weight is 161 g/mol. The van der Waals surface area contributed by atoms with Crippen LogP contribution in [0.15, 0.2) is 0 Å². The van der Waals surface area contributed by atoms with Gasteiger partial charge in [0.05, 0.1) is 12.5 Å². The Morgan fingerprint density at radius 1 is 1.55 bits per heavy atom. The van der Waals surface area contributed by atoms with Crippen LogP contribution in [0.1, 0.15) is 6.92 Å². The Morgan fingerprint density at radius 3 is 2.64 bits per heavy atom. The molecule has 4 nitrogen and oxygen atoms in total. The van der Waals surface area contributed by atoms with Crippen LogP contribution in [0.2, 0.25) is 0 Å². The number of methoxy groups -OCH3 is 1. The molecule has 0 fully saturated rings. The van der Waals surface area contributed by atoms with Gasteiger partial charge in [0.15, 0.2) is 0 Å². The van der Waals surface area contributed by atoms with Gasteiger partial charge in [0, 0.05) is 13.7 Å². The van der Waals surface area contributed by atoms with E-state index in [-0.39, 0.29) is 11.9 Å². The van der Waals surface area contributed by atoms with Crippen LogP contribution < -0.4 is 5.73 Å². The fourth-order valence-electron chi connectivity index (χ4n) is 0.464. The number of rotatable bonds is 5. The van der Waals surface area contributed by atoms with Gasteiger partial charge in [-0.15, -0.1) is 0 Å². The Labute approximate surface area is 66.7 Å². The minimum Gasteiger partial charge on any atom is -0.463 e. The van der Waals surface area contributed by atoms with E-state index in [4.69, 9.17) is 15.2 Å². The minimum absolute atomic E-state index is 0.216. The zero-order valence-electron chi connectivity index (χ0n) is 7.00. The van der Waals surface area contributed by atoms with E-state index < -0.39 is 0 Å². The molecule has 0 amide bonds. The van der Waals surface area contributed by atoms with Crippen molar-refractivity contribution >= 4 is 5.97 Å². The second-order valence-corrected chi connectivity index (χ2v) is 2.30. The van der Waals surface area contributed by atoms with Gasteiger partial charge in [-0.1, -0.05) is 6.92 Å². The van der Waals surface area contributed by atoms with Gasteiger partial charge in [-0.2, -0.15) is 0 Å². The van der Waals surface area contributed by atoms with Crippen molar-refractivity contribution in [2.24, 2.45) is 11.7 Å². The summed E-state index contributed by atoms with van der Waals surface area (Å²) in [6, 6.07) is 0. The van der Waals surface area contributed by atoms with Crippen LogP contribution in [0, 0.1) is 5.92 Å². The van der Waals surface area contributed by atoms with E-state index in [0.29, 0.717) is 19.8 Å². The number of carbonyl (C=O) groups is 1. The van der Waals surface area contributed by atoms with Gasteiger partial charge in [0.2, 0.25) is 0 Å². The van der Waals surface area contributed by atoms with Gasteiger partial charge in [0.25, 0.3) is 0 Å². The Morgan fingerprint density at radius 2 is 2.18 bits per heavy atom. The maximum absolute atomic E-state index is 10.9. The summed E-state index contributed by atoms with van der Waals surface area (Å²) in [4.78, 5) is 10.9. The van der Waals surface area contributed by atoms with Gasteiger partial charge >= 0.3 is 5.97 Å². The third-order valence-electron chi connectivity index (χ3n) is 1.29. The van der Waals surface area contributed by atoms with Crippen LogP contribution in [0.5, 0.6) is 0 Å². The SMILES string of the molecule is COCCOC(=O)C(C)CN. The van der Waals surface area contributed by atoms with Gasteiger partial charge in [-0.3, -0.25) is 4.79 Å². The van der Waals surface area contributed by atoms with Gasteiger partial charge in [0.1, 0.15) is 6.61 Å². The van der Waals surface area contributed by atoms with Crippen molar-refractivity contribution in [3.63, 3.8) is 0 Å².